The zero-order chi connectivity index (χ0) is 18.4. The molecule has 2 aliphatic heterocycles. The Labute approximate surface area is 155 Å². The summed E-state index contributed by atoms with van der Waals surface area (Å²) in [4.78, 5) is 34.6. The minimum absolute atomic E-state index is 0.000541. The van der Waals surface area contributed by atoms with E-state index >= 15 is 0 Å². The molecule has 136 valence electrons. The van der Waals surface area contributed by atoms with Crippen molar-refractivity contribution in [1.82, 2.24) is 14.9 Å². The Hall–Kier alpha value is -3.35. The molecule has 3 aromatic rings. The van der Waals surface area contributed by atoms with Crippen LogP contribution in [-0.4, -0.2) is 39.8 Å². The van der Waals surface area contributed by atoms with Crippen LogP contribution in [0.3, 0.4) is 0 Å². The molecule has 0 bridgehead atoms. The number of aromatic amines is 1. The summed E-state index contributed by atoms with van der Waals surface area (Å²) in [5, 5.41) is 2.75. The predicted octanol–water partition coefficient (Wildman–Crippen LogP) is 2.87. The summed E-state index contributed by atoms with van der Waals surface area (Å²) in [6.45, 7) is 0.682. The van der Waals surface area contributed by atoms with Crippen LogP contribution >= 0.6 is 0 Å². The van der Waals surface area contributed by atoms with Crippen LogP contribution in [0.2, 0.25) is 0 Å². The molecule has 1 unspecified atom stereocenters. The monoisotopic (exact) mass is 362 g/mol. The number of para-hydroxylation sites is 2. The Bertz CT molecular complexity index is 1030. The first-order chi connectivity index (χ1) is 13.2. The highest BCUT2D eigenvalue weighted by atomic mass is 16.5. The van der Waals surface area contributed by atoms with E-state index in [4.69, 9.17) is 4.74 Å². The second kappa shape index (κ2) is 6.12. The number of ether oxygens (including phenoxy) is 1. The summed E-state index contributed by atoms with van der Waals surface area (Å²) in [7, 11) is 0. The second-order valence-electron chi connectivity index (χ2n) is 6.84. The van der Waals surface area contributed by atoms with Crippen molar-refractivity contribution >= 4 is 28.5 Å². The van der Waals surface area contributed by atoms with Crippen molar-refractivity contribution in [3.05, 3.63) is 53.9 Å². The largest absolute Gasteiger partial charge is 0.482 e. The molecule has 0 aliphatic carbocycles. The Balaban J connectivity index is 1.45. The molecule has 5 rings (SSSR count). The average Bonchev–Trinajstić information content (AvgIpc) is 3.33. The Kier molecular flexibility index (Phi) is 3.60. The number of hydrogen-bond acceptors (Lipinski definition) is 4. The predicted molar refractivity (Wildman–Crippen MR) is 99.7 cm³/mol. The highest BCUT2D eigenvalue weighted by Crippen LogP contribution is 2.34. The summed E-state index contributed by atoms with van der Waals surface area (Å²) in [5.74, 6) is 1.12. The number of carbonyl (C=O) groups excluding carboxylic acids is 2. The maximum absolute atomic E-state index is 13.1. The van der Waals surface area contributed by atoms with Crippen LogP contribution in [0.25, 0.3) is 11.0 Å². The first-order valence-electron chi connectivity index (χ1n) is 9.01. The van der Waals surface area contributed by atoms with E-state index in [1.54, 1.807) is 18.2 Å². The van der Waals surface area contributed by atoms with Crippen molar-refractivity contribution in [2.75, 3.05) is 18.5 Å². The lowest BCUT2D eigenvalue weighted by Gasteiger charge is -2.24. The first kappa shape index (κ1) is 15.9. The minimum atomic E-state index is -0.214. The molecule has 2 amide bonds. The number of rotatable bonds is 2. The van der Waals surface area contributed by atoms with E-state index in [0.717, 1.165) is 29.7 Å². The summed E-state index contributed by atoms with van der Waals surface area (Å²) in [6, 6.07) is 12.9. The van der Waals surface area contributed by atoms with Crippen molar-refractivity contribution in [3.8, 4) is 5.75 Å². The van der Waals surface area contributed by atoms with Crippen LogP contribution in [0.15, 0.2) is 42.5 Å². The topological polar surface area (TPSA) is 87.3 Å². The molecule has 0 spiro atoms. The van der Waals surface area contributed by atoms with Crippen molar-refractivity contribution in [3.63, 3.8) is 0 Å². The van der Waals surface area contributed by atoms with E-state index in [1.165, 1.54) is 0 Å². The number of nitrogens with zero attached hydrogens (tertiary/aromatic N) is 2. The molecule has 1 fully saturated rings. The molecule has 1 atom stereocenters. The van der Waals surface area contributed by atoms with Gasteiger partial charge in [-0.05, 0) is 43.2 Å². The first-order valence-corrected chi connectivity index (χ1v) is 9.01. The third-order valence-electron chi connectivity index (χ3n) is 5.10. The van der Waals surface area contributed by atoms with Crippen LogP contribution in [0, 0.1) is 0 Å². The fourth-order valence-corrected chi connectivity index (χ4v) is 3.81. The number of likely N-dealkylation sites (tertiary alicyclic amines) is 1. The molecule has 1 aromatic heterocycles. The molecule has 27 heavy (non-hydrogen) atoms. The Morgan fingerprint density at radius 2 is 2.11 bits per heavy atom. The molecule has 2 aliphatic rings. The number of aromatic nitrogens is 2. The van der Waals surface area contributed by atoms with Gasteiger partial charge < -0.3 is 19.9 Å². The van der Waals surface area contributed by atoms with Gasteiger partial charge in [0.15, 0.2) is 6.61 Å². The normalized spacial score (nSPS) is 18.9. The van der Waals surface area contributed by atoms with Crippen LogP contribution in [0.5, 0.6) is 5.75 Å². The van der Waals surface area contributed by atoms with Gasteiger partial charge in [-0.3, -0.25) is 9.59 Å². The SMILES string of the molecule is O=C1COc2ccc(C(=O)N3CCCC3c3nc4ccccc4[nH]3)cc2N1. The van der Waals surface area contributed by atoms with Crippen LogP contribution in [0.1, 0.15) is 35.1 Å². The molecule has 2 N–H and O–H groups in total. The minimum Gasteiger partial charge on any atom is -0.482 e. The molecular weight excluding hydrogens is 344 g/mol. The summed E-state index contributed by atoms with van der Waals surface area (Å²) in [6.07, 6.45) is 1.80. The van der Waals surface area contributed by atoms with Crippen LogP contribution in [-0.2, 0) is 4.79 Å². The second-order valence-corrected chi connectivity index (χ2v) is 6.84. The van der Waals surface area contributed by atoms with Crippen molar-refractivity contribution in [2.45, 2.75) is 18.9 Å². The number of benzene rings is 2. The Morgan fingerprint density at radius 3 is 3.00 bits per heavy atom. The molecular formula is C20H18N4O3. The lowest BCUT2D eigenvalue weighted by Crippen LogP contribution is -2.31. The van der Waals surface area contributed by atoms with Crippen molar-refractivity contribution in [1.29, 1.82) is 0 Å². The standard InChI is InChI=1S/C20H18N4O3/c25-18-11-27-17-8-7-12(10-15(17)21-18)20(26)24-9-3-6-16(24)19-22-13-4-1-2-5-14(13)23-19/h1-2,4-5,7-8,10,16H,3,6,9,11H2,(H,21,25)(H,22,23). The van der Waals surface area contributed by atoms with E-state index < -0.39 is 0 Å². The van der Waals surface area contributed by atoms with Gasteiger partial charge in [-0.2, -0.15) is 0 Å². The summed E-state index contributed by atoms with van der Waals surface area (Å²) >= 11 is 0. The van der Waals surface area contributed by atoms with Crippen LogP contribution in [0.4, 0.5) is 5.69 Å². The van der Waals surface area contributed by atoms with Gasteiger partial charge in [-0.25, -0.2) is 4.98 Å². The molecule has 1 saturated heterocycles. The van der Waals surface area contributed by atoms with Gasteiger partial charge in [-0.1, -0.05) is 12.1 Å². The van der Waals surface area contributed by atoms with Gasteiger partial charge in [-0.15, -0.1) is 0 Å². The quantitative estimate of drug-likeness (QED) is 0.734. The molecule has 0 saturated carbocycles. The molecule has 7 nitrogen and oxygen atoms in total. The maximum Gasteiger partial charge on any atom is 0.262 e. The van der Waals surface area contributed by atoms with Gasteiger partial charge in [0.1, 0.15) is 11.6 Å². The molecule has 3 heterocycles. The van der Waals surface area contributed by atoms with E-state index in [1.807, 2.05) is 29.2 Å². The zero-order valence-corrected chi connectivity index (χ0v) is 14.6. The molecule has 0 radical (unpaired) electrons. The number of carbonyl (C=O) groups is 2. The number of H-pyrrole nitrogens is 1. The van der Waals surface area contributed by atoms with E-state index in [9.17, 15) is 9.59 Å². The fraction of sp³-hybridized carbons (Fsp3) is 0.250. The third kappa shape index (κ3) is 2.71. The third-order valence-corrected chi connectivity index (χ3v) is 5.10. The number of anilines is 1. The smallest absolute Gasteiger partial charge is 0.262 e. The highest BCUT2D eigenvalue weighted by Gasteiger charge is 2.33. The van der Waals surface area contributed by atoms with E-state index in [2.05, 4.69) is 15.3 Å². The summed E-state index contributed by atoms with van der Waals surface area (Å²) < 4.78 is 5.37. The van der Waals surface area contributed by atoms with Crippen LogP contribution < -0.4 is 10.1 Å². The van der Waals surface area contributed by atoms with Gasteiger partial charge in [0.25, 0.3) is 11.8 Å². The van der Waals surface area contributed by atoms with Gasteiger partial charge in [0.2, 0.25) is 0 Å². The van der Waals surface area contributed by atoms with Crippen molar-refractivity contribution in [2.24, 2.45) is 0 Å². The summed E-state index contributed by atoms with van der Waals surface area (Å²) in [5.41, 5.74) is 2.94. The number of nitrogens with one attached hydrogen (secondary N) is 2. The highest BCUT2D eigenvalue weighted by molar-refractivity contribution is 6.00. The number of amides is 2. The maximum atomic E-state index is 13.1. The number of imidazole rings is 1. The lowest BCUT2D eigenvalue weighted by molar-refractivity contribution is -0.118. The average molecular weight is 362 g/mol. The van der Waals surface area contributed by atoms with E-state index in [-0.39, 0.29) is 24.5 Å². The molecule has 2 aromatic carbocycles. The Morgan fingerprint density at radius 1 is 1.22 bits per heavy atom. The zero-order valence-electron chi connectivity index (χ0n) is 14.6. The van der Waals surface area contributed by atoms with Gasteiger partial charge >= 0.3 is 0 Å². The van der Waals surface area contributed by atoms with E-state index in [0.29, 0.717) is 23.5 Å². The number of hydrogen-bond donors (Lipinski definition) is 2. The lowest BCUT2D eigenvalue weighted by atomic mass is 10.1. The van der Waals surface area contributed by atoms with Crippen molar-refractivity contribution < 1.29 is 14.3 Å². The van der Waals surface area contributed by atoms with Gasteiger partial charge in [0.05, 0.1) is 22.8 Å². The fourth-order valence-electron chi connectivity index (χ4n) is 3.81. The number of fused-ring (bicyclic) bond motifs is 2. The molecule has 7 heteroatoms. The van der Waals surface area contributed by atoms with Gasteiger partial charge in [0, 0.05) is 12.1 Å².